The van der Waals surface area contributed by atoms with Crippen LogP contribution in [0.4, 0.5) is 0 Å². The van der Waals surface area contributed by atoms with Crippen molar-refractivity contribution in [2.75, 3.05) is 13.3 Å². The van der Waals surface area contributed by atoms with Crippen molar-refractivity contribution in [1.29, 1.82) is 0 Å². The van der Waals surface area contributed by atoms with Gasteiger partial charge in [-0.3, -0.25) is 9.78 Å². The predicted octanol–water partition coefficient (Wildman–Crippen LogP) is 2.18. The third-order valence-electron chi connectivity index (χ3n) is 3.84. The highest BCUT2D eigenvalue weighted by molar-refractivity contribution is 6.08. The van der Waals surface area contributed by atoms with Crippen molar-refractivity contribution in [3.63, 3.8) is 0 Å². The number of hydrogen-bond acceptors (Lipinski definition) is 5. The minimum absolute atomic E-state index is 0.0459. The smallest absolute Gasteiger partial charge is 0.231 e. The van der Waals surface area contributed by atoms with Crippen molar-refractivity contribution < 1.29 is 14.3 Å². The number of ketones is 1. The number of carbonyl (C=O) groups is 1. The van der Waals surface area contributed by atoms with Gasteiger partial charge in [-0.05, 0) is 36.2 Å². The zero-order valence-corrected chi connectivity index (χ0v) is 11.8. The molecule has 0 atom stereocenters. The summed E-state index contributed by atoms with van der Waals surface area (Å²) < 4.78 is 10.8. The molecule has 5 nitrogen and oxygen atoms in total. The van der Waals surface area contributed by atoms with Crippen molar-refractivity contribution in [3.8, 4) is 11.5 Å². The molecule has 5 heteroatoms. The highest BCUT2D eigenvalue weighted by Crippen LogP contribution is 2.38. The molecule has 2 aliphatic rings. The van der Waals surface area contributed by atoms with E-state index in [1.54, 1.807) is 30.6 Å². The summed E-state index contributed by atoms with van der Waals surface area (Å²) in [6.45, 7) is 1.04. The molecule has 3 heterocycles. The van der Waals surface area contributed by atoms with Crippen molar-refractivity contribution in [1.82, 2.24) is 10.3 Å². The molecular weight excluding hydrogens is 280 g/mol. The molecule has 1 aromatic heterocycles. The fraction of sp³-hybridized carbons (Fsp3) is 0.176. The number of aromatic nitrogens is 1. The number of hydrogen-bond donors (Lipinski definition) is 1. The molecule has 1 aromatic carbocycles. The molecule has 110 valence electrons. The summed E-state index contributed by atoms with van der Waals surface area (Å²) in [5.74, 6) is 1.46. The van der Waals surface area contributed by atoms with Gasteiger partial charge in [0.15, 0.2) is 17.3 Å². The number of nitrogens with one attached hydrogen (secondary N) is 1. The van der Waals surface area contributed by atoms with E-state index in [-0.39, 0.29) is 12.6 Å². The third kappa shape index (κ3) is 2.20. The minimum Gasteiger partial charge on any atom is -0.454 e. The summed E-state index contributed by atoms with van der Waals surface area (Å²) in [6.07, 6.45) is 5.76. The van der Waals surface area contributed by atoms with Gasteiger partial charge >= 0.3 is 0 Å². The Morgan fingerprint density at radius 3 is 2.77 bits per heavy atom. The summed E-state index contributed by atoms with van der Waals surface area (Å²) in [5.41, 5.74) is 3.60. The second kappa shape index (κ2) is 5.18. The SMILES string of the molecule is O=C(/C=C1\NCCc2cc3c(cc21)OCO3)c1ccncc1. The van der Waals surface area contributed by atoms with E-state index in [2.05, 4.69) is 10.3 Å². The van der Waals surface area contributed by atoms with Crippen LogP contribution in [0.15, 0.2) is 42.7 Å². The van der Waals surface area contributed by atoms with Crippen LogP contribution in [-0.4, -0.2) is 24.1 Å². The molecule has 2 aliphatic heterocycles. The van der Waals surface area contributed by atoms with Gasteiger partial charge in [0.2, 0.25) is 6.79 Å². The van der Waals surface area contributed by atoms with Crippen LogP contribution in [0.1, 0.15) is 21.5 Å². The van der Waals surface area contributed by atoms with Gasteiger partial charge in [-0.1, -0.05) is 0 Å². The summed E-state index contributed by atoms with van der Waals surface area (Å²) in [5, 5.41) is 3.30. The molecule has 0 fully saturated rings. The number of ether oxygens (including phenoxy) is 2. The second-order valence-electron chi connectivity index (χ2n) is 5.20. The fourth-order valence-corrected chi connectivity index (χ4v) is 2.73. The quantitative estimate of drug-likeness (QED) is 0.679. The Balaban J connectivity index is 1.73. The first-order valence-corrected chi connectivity index (χ1v) is 7.14. The monoisotopic (exact) mass is 294 g/mol. The molecule has 0 unspecified atom stereocenters. The normalized spacial score (nSPS) is 17.0. The first kappa shape index (κ1) is 12.9. The van der Waals surface area contributed by atoms with Gasteiger partial charge in [0.1, 0.15) is 0 Å². The molecule has 0 aliphatic carbocycles. The number of fused-ring (bicyclic) bond motifs is 2. The predicted molar refractivity (Wildman–Crippen MR) is 80.8 cm³/mol. The van der Waals surface area contributed by atoms with Crippen molar-refractivity contribution >= 4 is 11.5 Å². The van der Waals surface area contributed by atoms with Crippen LogP contribution in [0.25, 0.3) is 5.70 Å². The zero-order valence-electron chi connectivity index (χ0n) is 11.8. The van der Waals surface area contributed by atoms with Crippen LogP contribution in [0.5, 0.6) is 11.5 Å². The highest BCUT2D eigenvalue weighted by atomic mass is 16.7. The van der Waals surface area contributed by atoms with Gasteiger partial charge in [0, 0.05) is 41.8 Å². The average Bonchev–Trinajstić information content (AvgIpc) is 3.01. The number of carbonyl (C=O) groups excluding carboxylic acids is 1. The van der Waals surface area contributed by atoms with Crippen LogP contribution in [0.3, 0.4) is 0 Å². The maximum absolute atomic E-state index is 12.4. The Morgan fingerprint density at radius 2 is 1.95 bits per heavy atom. The van der Waals surface area contributed by atoms with E-state index in [0.717, 1.165) is 41.3 Å². The Morgan fingerprint density at radius 1 is 1.18 bits per heavy atom. The van der Waals surface area contributed by atoms with E-state index in [0.29, 0.717) is 5.56 Å². The van der Waals surface area contributed by atoms with Crippen LogP contribution in [0.2, 0.25) is 0 Å². The molecule has 1 N–H and O–H groups in total. The van der Waals surface area contributed by atoms with E-state index in [1.165, 1.54) is 0 Å². The van der Waals surface area contributed by atoms with Gasteiger partial charge < -0.3 is 14.8 Å². The molecule has 0 radical (unpaired) electrons. The lowest BCUT2D eigenvalue weighted by atomic mass is 9.96. The lowest BCUT2D eigenvalue weighted by Crippen LogP contribution is -2.23. The summed E-state index contributed by atoms with van der Waals surface area (Å²) in [6, 6.07) is 7.37. The molecule has 0 saturated heterocycles. The number of allylic oxidation sites excluding steroid dienone is 1. The Labute approximate surface area is 127 Å². The van der Waals surface area contributed by atoms with Crippen molar-refractivity contribution in [2.45, 2.75) is 6.42 Å². The minimum atomic E-state index is -0.0459. The molecule has 0 bridgehead atoms. The Hall–Kier alpha value is -2.82. The number of nitrogens with zero attached hydrogens (tertiary/aromatic N) is 1. The summed E-state index contributed by atoms with van der Waals surface area (Å²) in [4.78, 5) is 16.3. The Kier molecular flexibility index (Phi) is 3.04. The molecular formula is C17H14N2O3. The van der Waals surface area contributed by atoms with Crippen molar-refractivity contribution in [3.05, 3.63) is 59.4 Å². The van der Waals surface area contributed by atoms with Crippen LogP contribution >= 0.6 is 0 Å². The van der Waals surface area contributed by atoms with Crippen LogP contribution in [-0.2, 0) is 6.42 Å². The molecule has 0 saturated carbocycles. The van der Waals surface area contributed by atoms with Crippen LogP contribution in [0, 0.1) is 0 Å². The molecule has 22 heavy (non-hydrogen) atoms. The van der Waals surface area contributed by atoms with E-state index < -0.39 is 0 Å². The maximum Gasteiger partial charge on any atom is 0.231 e. The van der Waals surface area contributed by atoms with E-state index in [4.69, 9.17) is 9.47 Å². The first-order valence-electron chi connectivity index (χ1n) is 7.14. The zero-order chi connectivity index (χ0) is 14.9. The molecule has 4 rings (SSSR count). The highest BCUT2D eigenvalue weighted by Gasteiger charge is 2.22. The van der Waals surface area contributed by atoms with Gasteiger partial charge in [-0.2, -0.15) is 0 Å². The fourth-order valence-electron chi connectivity index (χ4n) is 2.73. The second-order valence-corrected chi connectivity index (χ2v) is 5.20. The summed E-state index contributed by atoms with van der Waals surface area (Å²) in [7, 11) is 0. The average molecular weight is 294 g/mol. The lowest BCUT2D eigenvalue weighted by Gasteiger charge is -2.21. The largest absolute Gasteiger partial charge is 0.454 e. The standard InChI is InChI=1S/C17H14N2O3/c20-15(11-1-4-18-5-2-11)9-14-13-8-17-16(21-10-22-17)7-12(13)3-6-19-14/h1-2,4-5,7-9,19H,3,6,10H2/b14-9-. The topological polar surface area (TPSA) is 60.5 Å². The van der Waals surface area contributed by atoms with Gasteiger partial charge in [0.25, 0.3) is 0 Å². The van der Waals surface area contributed by atoms with E-state index in [9.17, 15) is 4.79 Å². The molecule has 0 spiro atoms. The number of rotatable bonds is 2. The van der Waals surface area contributed by atoms with Gasteiger partial charge in [-0.15, -0.1) is 0 Å². The lowest BCUT2D eigenvalue weighted by molar-refractivity contribution is 0.104. The third-order valence-corrected chi connectivity index (χ3v) is 3.84. The van der Waals surface area contributed by atoms with Crippen molar-refractivity contribution in [2.24, 2.45) is 0 Å². The maximum atomic E-state index is 12.4. The van der Waals surface area contributed by atoms with E-state index >= 15 is 0 Å². The van der Waals surface area contributed by atoms with E-state index in [1.807, 2.05) is 12.1 Å². The Bertz CT molecular complexity index is 769. The molecule has 0 amide bonds. The first-order chi connectivity index (χ1) is 10.8. The molecule has 2 aromatic rings. The van der Waals surface area contributed by atoms with Crippen LogP contribution < -0.4 is 14.8 Å². The number of pyridine rings is 1. The van der Waals surface area contributed by atoms with Gasteiger partial charge in [0.05, 0.1) is 0 Å². The van der Waals surface area contributed by atoms with Gasteiger partial charge in [-0.25, -0.2) is 0 Å². The number of benzene rings is 1. The summed E-state index contributed by atoms with van der Waals surface area (Å²) >= 11 is 0.